The van der Waals surface area contributed by atoms with Crippen LogP contribution in [0.1, 0.15) is 28.4 Å². The number of rotatable bonds is 9. The highest BCUT2D eigenvalue weighted by molar-refractivity contribution is 7.93. The molecule has 0 amide bonds. The highest BCUT2D eigenvalue weighted by Gasteiger charge is 2.32. The first-order valence-electron chi connectivity index (χ1n) is 11.9. The van der Waals surface area contributed by atoms with Crippen LogP contribution in [0.4, 0.5) is 5.69 Å². The number of anilines is 1. The van der Waals surface area contributed by atoms with Crippen molar-refractivity contribution in [2.45, 2.75) is 31.8 Å². The molecule has 2 N–H and O–H groups in total. The van der Waals surface area contributed by atoms with E-state index in [0.717, 1.165) is 9.87 Å². The van der Waals surface area contributed by atoms with Crippen LogP contribution in [0, 0.1) is 20.8 Å². The van der Waals surface area contributed by atoms with E-state index in [0.29, 0.717) is 32.5 Å². The number of fused-ring (bicyclic) bond motifs is 1. The zero-order valence-corrected chi connectivity index (χ0v) is 23.0. The number of ether oxygens (including phenoxy) is 1. The van der Waals surface area contributed by atoms with Crippen molar-refractivity contribution in [3.63, 3.8) is 0 Å². The van der Waals surface area contributed by atoms with Crippen LogP contribution in [0.25, 0.3) is 10.8 Å². The van der Waals surface area contributed by atoms with Gasteiger partial charge >= 0.3 is 11.9 Å². The minimum atomic E-state index is -4.31. The fourth-order valence-corrected chi connectivity index (χ4v) is 6.68. The second kappa shape index (κ2) is 11.0. The molecule has 0 saturated heterocycles. The number of carbonyl (C=O) groups is 2. The lowest BCUT2D eigenvalue weighted by Gasteiger charge is -2.27. The summed E-state index contributed by atoms with van der Waals surface area (Å²) in [6, 6.07) is 19.2. The Kier molecular flexibility index (Phi) is 7.85. The first-order chi connectivity index (χ1) is 18.4. The van der Waals surface area contributed by atoms with Crippen LogP contribution < -0.4 is 9.04 Å². The van der Waals surface area contributed by atoms with E-state index >= 15 is 0 Å². The molecule has 0 fully saturated rings. The standard InChI is InChI=1S/C29H26ClNO7S/c1-17-14-18(2)28(19(3)15-17)39(36,37)31(16-26(32)33)24-12-13-25(23-7-5-4-6-22(23)24)38-27(29(34)35)20-8-10-21(30)11-9-20/h4-15,27H,16H2,1-3H3,(H,32,33)(H,34,35). The molecule has 4 aromatic carbocycles. The Balaban J connectivity index is 1.87. The molecule has 8 nitrogen and oxygen atoms in total. The number of hydrogen-bond donors (Lipinski definition) is 2. The summed E-state index contributed by atoms with van der Waals surface area (Å²) >= 11 is 5.94. The van der Waals surface area contributed by atoms with E-state index in [1.807, 2.05) is 6.92 Å². The van der Waals surface area contributed by atoms with Gasteiger partial charge in [0.05, 0.1) is 10.6 Å². The number of aliphatic carboxylic acids is 2. The van der Waals surface area contributed by atoms with Crippen molar-refractivity contribution in [2.75, 3.05) is 10.8 Å². The van der Waals surface area contributed by atoms with Crippen molar-refractivity contribution in [1.29, 1.82) is 0 Å². The third kappa shape index (κ3) is 5.69. The number of halogens is 1. The van der Waals surface area contributed by atoms with Crippen molar-refractivity contribution in [3.05, 3.63) is 100 Å². The molecule has 10 heteroatoms. The molecule has 0 heterocycles. The number of carboxylic acids is 2. The number of benzene rings is 4. The molecule has 4 aromatic rings. The summed E-state index contributed by atoms with van der Waals surface area (Å²) in [4.78, 5) is 24.0. The van der Waals surface area contributed by atoms with Gasteiger partial charge in [0.25, 0.3) is 10.0 Å². The van der Waals surface area contributed by atoms with Gasteiger partial charge in [-0.25, -0.2) is 13.2 Å². The van der Waals surface area contributed by atoms with Gasteiger partial charge in [-0.1, -0.05) is 65.7 Å². The molecule has 1 unspecified atom stereocenters. The van der Waals surface area contributed by atoms with E-state index in [1.165, 1.54) is 12.1 Å². The predicted molar refractivity (Wildman–Crippen MR) is 149 cm³/mol. The van der Waals surface area contributed by atoms with Crippen molar-refractivity contribution in [2.24, 2.45) is 0 Å². The minimum absolute atomic E-state index is 0.0347. The average Bonchev–Trinajstić information content (AvgIpc) is 2.85. The molecule has 0 radical (unpaired) electrons. The summed E-state index contributed by atoms with van der Waals surface area (Å²) in [5, 5.41) is 20.8. The van der Waals surface area contributed by atoms with Gasteiger partial charge in [-0.3, -0.25) is 9.10 Å². The third-order valence-electron chi connectivity index (χ3n) is 6.20. The molecular formula is C29H26ClNO7S. The summed E-state index contributed by atoms with van der Waals surface area (Å²) in [5.41, 5.74) is 2.37. The van der Waals surface area contributed by atoms with E-state index in [4.69, 9.17) is 16.3 Å². The summed E-state index contributed by atoms with van der Waals surface area (Å²) in [7, 11) is -4.31. The summed E-state index contributed by atoms with van der Waals surface area (Å²) in [6.45, 7) is 4.38. The molecule has 0 saturated carbocycles. The van der Waals surface area contributed by atoms with Crippen LogP contribution in [0.2, 0.25) is 5.02 Å². The Morgan fingerprint density at radius 1 is 0.897 bits per heavy atom. The van der Waals surface area contributed by atoms with Crippen LogP contribution in [0.3, 0.4) is 0 Å². The highest BCUT2D eigenvalue weighted by atomic mass is 35.5. The number of nitrogens with zero attached hydrogens (tertiary/aromatic N) is 1. The van der Waals surface area contributed by atoms with Crippen LogP contribution in [-0.2, 0) is 19.6 Å². The molecular weight excluding hydrogens is 542 g/mol. The van der Waals surface area contributed by atoms with Crippen molar-refractivity contribution in [1.82, 2.24) is 0 Å². The second-order valence-corrected chi connectivity index (χ2v) is 11.4. The maximum atomic E-state index is 14.0. The van der Waals surface area contributed by atoms with Gasteiger partial charge in [0.2, 0.25) is 6.10 Å². The van der Waals surface area contributed by atoms with Crippen molar-refractivity contribution in [3.8, 4) is 5.75 Å². The van der Waals surface area contributed by atoms with E-state index in [2.05, 4.69) is 0 Å². The molecule has 0 aliphatic carbocycles. The van der Waals surface area contributed by atoms with Gasteiger partial charge in [-0.2, -0.15) is 0 Å². The van der Waals surface area contributed by atoms with E-state index < -0.39 is 34.6 Å². The molecule has 0 aliphatic heterocycles. The van der Waals surface area contributed by atoms with Crippen LogP contribution in [0.15, 0.2) is 77.7 Å². The Morgan fingerprint density at radius 3 is 2.05 bits per heavy atom. The quantitative estimate of drug-likeness (QED) is 0.258. The Labute approximate surface area is 231 Å². The lowest BCUT2D eigenvalue weighted by molar-refractivity contribution is -0.145. The van der Waals surface area contributed by atoms with E-state index in [9.17, 15) is 28.2 Å². The SMILES string of the molecule is Cc1cc(C)c(S(=O)(=O)N(CC(=O)O)c2ccc(OC(C(=O)O)c3ccc(Cl)cc3)c3ccccc23)c(C)c1. The highest BCUT2D eigenvalue weighted by Crippen LogP contribution is 2.39. The molecule has 0 aliphatic rings. The van der Waals surface area contributed by atoms with Crippen molar-refractivity contribution < 1.29 is 33.0 Å². The molecule has 202 valence electrons. The zero-order chi connectivity index (χ0) is 28.5. The Morgan fingerprint density at radius 2 is 1.49 bits per heavy atom. The maximum absolute atomic E-state index is 14.0. The number of hydrogen-bond acceptors (Lipinski definition) is 5. The predicted octanol–water partition coefficient (Wildman–Crippen LogP) is 5.90. The molecule has 4 rings (SSSR count). The van der Waals surface area contributed by atoms with E-state index in [-0.39, 0.29) is 16.3 Å². The molecule has 39 heavy (non-hydrogen) atoms. The average molecular weight is 568 g/mol. The second-order valence-electron chi connectivity index (χ2n) is 9.15. The fourth-order valence-electron chi connectivity index (χ4n) is 4.71. The van der Waals surface area contributed by atoms with Gasteiger partial charge in [-0.15, -0.1) is 0 Å². The maximum Gasteiger partial charge on any atom is 0.349 e. The normalized spacial score (nSPS) is 12.2. The molecule has 1 atom stereocenters. The van der Waals surface area contributed by atoms with Gasteiger partial charge in [0.15, 0.2) is 0 Å². The smallest absolute Gasteiger partial charge is 0.349 e. The summed E-state index contributed by atoms with van der Waals surface area (Å²) < 4.78 is 34.7. The van der Waals surface area contributed by atoms with E-state index in [1.54, 1.807) is 74.5 Å². The van der Waals surface area contributed by atoms with Gasteiger partial charge in [0, 0.05) is 21.4 Å². The lowest BCUT2D eigenvalue weighted by atomic mass is 10.1. The largest absolute Gasteiger partial charge is 0.480 e. The molecule has 0 aromatic heterocycles. The first-order valence-corrected chi connectivity index (χ1v) is 13.7. The first kappa shape index (κ1) is 27.9. The van der Waals surface area contributed by atoms with Crippen molar-refractivity contribution >= 4 is 50.0 Å². The monoisotopic (exact) mass is 567 g/mol. The van der Waals surface area contributed by atoms with Gasteiger partial charge < -0.3 is 14.9 Å². The zero-order valence-electron chi connectivity index (χ0n) is 21.4. The number of aryl methyl sites for hydroxylation is 3. The molecule has 0 spiro atoms. The number of carboxylic acid groups (broad SMARTS) is 2. The van der Waals surface area contributed by atoms with Crippen LogP contribution in [0.5, 0.6) is 5.75 Å². The topological polar surface area (TPSA) is 121 Å². The minimum Gasteiger partial charge on any atom is -0.480 e. The molecule has 0 bridgehead atoms. The fraction of sp³-hybridized carbons (Fsp3) is 0.172. The van der Waals surface area contributed by atoms with Crippen LogP contribution >= 0.6 is 11.6 Å². The summed E-state index contributed by atoms with van der Waals surface area (Å²) in [6.07, 6.45) is -1.37. The van der Waals surface area contributed by atoms with Crippen LogP contribution in [-0.4, -0.2) is 37.1 Å². The van der Waals surface area contributed by atoms with Gasteiger partial charge in [0.1, 0.15) is 12.3 Å². The van der Waals surface area contributed by atoms with Gasteiger partial charge in [-0.05, 0) is 56.2 Å². The Hall–Kier alpha value is -4.08. The third-order valence-corrected chi connectivity index (χ3v) is 8.52. The summed E-state index contributed by atoms with van der Waals surface area (Å²) in [5.74, 6) is -2.38. The lowest BCUT2D eigenvalue weighted by Crippen LogP contribution is -2.36. The number of sulfonamides is 1. The Bertz CT molecular complexity index is 1660.